The average molecular weight is 176 g/mol. The second kappa shape index (κ2) is 2.85. The Morgan fingerprint density at radius 2 is 1.92 bits per heavy atom. The summed E-state index contributed by atoms with van der Waals surface area (Å²) in [4.78, 5) is 13.1. The Balaban J connectivity index is 2.25. The molecule has 2 rings (SSSR count). The predicted octanol–water partition coefficient (Wildman–Crippen LogP) is 0.749. The zero-order valence-corrected chi connectivity index (χ0v) is 7.47. The number of β-lactam (4-membered cyclic amide) rings is 1. The number of para-hydroxylation sites is 1. The van der Waals surface area contributed by atoms with Crippen molar-refractivity contribution < 1.29 is 4.79 Å². The smallest absolute Gasteiger partial charge is 0.246 e. The van der Waals surface area contributed by atoms with Gasteiger partial charge in [0.2, 0.25) is 5.91 Å². The molecule has 68 valence electrons. The van der Waals surface area contributed by atoms with Gasteiger partial charge in [0.05, 0.1) is 6.04 Å². The maximum Gasteiger partial charge on any atom is 0.246 e. The van der Waals surface area contributed by atoms with Crippen molar-refractivity contribution in [1.82, 2.24) is 0 Å². The molecule has 1 aromatic rings. The summed E-state index contributed by atoms with van der Waals surface area (Å²) in [6.07, 6.45) is 0. The fraction of sp³-hybridized carbons (Fsp3) is 0.300. The van der Waals surface area contributed by atoms with Crippen LogP contribution in [0.3, 0.4) is 0 Å². The summed E-state index contributed by atoms with van der Waals surface area (Å²) in [7, 11) is 0. The van der Waals surface area contributed by atoms with Crippen molar-refractivity contribution in [2.75, 3.05) is 4.90 Å². The molecule has 3 heteroatoms. The topological polar surface area (TPSA) is 46.3 Å². The number of benzene rings is 1. The standard InChI is InChI=1S/C10H12N2O/c1-7-9(11)10(13)12(7)8-5-3-2-4-6-8/h2-7,9H,11H2,1H3/t7-,9-/m1/s1. The number of nitrogens with two attached hydrogens (primary N) is 1. The van der Waals surface area contributed by atoms with E-state index in [1.54, 1.807) is 4.90 Å². The molecule has 1 amide bonds. The zero-order valence-electron chi connectivity index (χ0n) is 7.47. The van der Waals surface area contributed by atoms with Crippen molar-refractivity contribution in [3.05, 3.63) is 30.3 Å². The second-order valence-corrected chi connectivity index (χ2v) is 3.31. The van der Waals surface area contributed by atoms with E-state index in [0.717, 1.165) is 5.69 Å². The van der Waals surface area contributed by atoms with Crippen molar-refractivity contribution in [2.24, 2.45) is 5.73 Å². The quantitative estimate of drug-likeness (QED) is 0.642. The second-order valence-electron chi connectivity index (χ2n) is 3.31. The fourth-order valence-electron chi connectivity index (χ4n) is 1.60. The molecular weight excluding hydrogens is 164 g/mol. The molecule has 2 N–H and O–H groups in total. The SMILES string of the molecule is C[C@@H]1[C@@H](N)C(=O)N1c1ccccc1. The number of anilines is 1. The Morgan fingerprint density at radius 1 is 1.31 bits per heavy atom. The van der Waals surface area contributed by atoms with Gasteiger partial charge in [0.1, 0.15) is 6.04 Å². The van der Waals surface area contributed by atoms with Crippen molar-refractivity contribution in [2.45, 2.75) is 19.0 Å². The van der Waals surface area contributed by atoms with E-state index in [1.165, 1.54) is 0 Å². The first-order valence-electron chi connectivity index (χ1n) is 4.35. The zero-order chi connectivity index (χ0) is 9.42. The van der Waals surface area contributed by atoms with Crippen molar-refractivity contribution in [1.29, 1.82) is 0 Å². The van der Waals surface area contributed by atoms with E-state index < -0.39 is 0 Å². The van der Waals surface area contributed by atoms with Gasteiger partial charge in [-0.2, -0.15) is 0 Å². The molecule has 2 atom stereocenters. The molecule has 0 spiro atoms. The highest BCUT2D eigenvalue weighted by Gasteiger charge is 2.42. The van der Waals surface area contributed by atoms with Gasteiger partial charge in [-0.25, -0.2) is 0 Å². The maximum atomic E-state index is 11.4. The van der Waals surface area contributed by atoms with Crippen LogP contribution < -0.4 is 10.6 Å². The van der Waals surface area contributed by atoms with Gasteiger partial charge in [0, 0.05) is 5.69 Å². The number of rotatable bonds is 1. The van der Waals surface area contributed by atoms with E-state index in [1.807, 2.05) is 37.3 Å². The van der Waals surface area contributed by atoms with Crippen LogP contribution in [-0.2, 0) is 4.79 Å². The lowest BCUT2D eigenvalue weighted by molar-refractivity contribution is -0.125. The first-order valence-corrected chi connectivity index (χ1v) is 4.35. The van der Waals surface area contributed by atoms with Gasteiger partial charge in [-0.1, -0.05) is 18.2 Å². The minimum absolute atomic E-state index is 0.0127. The van der Waals surface area contributed by atoms with Gasteiger partial charge < -0.3 is 10.6 Å². The lowest BCUT2D eigenvalue weighted by Crippen LogP contribution is -2.67. The van der Waals surface area contributed by atoms with Gasteiger partial charge in [0.25, 0.3) is 0 Å². The normalized spacial score (nSPS) is 27.2. The average Bonchev–Trinajstić information content (AvgIpc) is 2.19. The van der Waals surface area contributed by atoms with Crippen LogP contribution in [0.25, 0.3) is 0 Å². The summed E-state index contributed by atoms with van der Waals surface area (Å²) in [6.45, 7) is 1.96. The molecule has 0 unspecified atom stereocenters. The van der Waals surface area contributed by atoms with Crippen LogP contribution in [0, 0.1) is 0 Å². The van der Waals surface area contributed by atoms with Gasteiger partial charge >= 0.3 is 0 Å². The minimum atomic E-state index is -0.319. The van der Waals surface area contributed by atoms with Crippen molar-refractivity contribution in [3.8, 4) is 0 Å². The Kier molecular flexibility index (Phi) is 1.81. The summed E-state index contributed by atoms with van der Waals surface area (Å²) >= 11 is 0. The monoisotopic (exact) mass is 176 g/mol. The lowest BCUT2D eigenvalue weighted by atomic mass is 9.97. The highest BCUT2D eigenvalue weighted by Crippen LogP contribution is 2.26. The predicted molar refractivity (Wildman–Crippen MR) is 51.4 cm³/mol. The number of hydrogen-bond acceptors (Lipinski definition) is 2. The molecule has 0 bridgehead atoms. The molecule has 0 aliphatic carbocycles. The van der Waals surface area contributed by atoms with Crippen LogP contribution in [0.15, 0.2) is 30.3 Å². The van der Waals surface area contributed by atoms with Crippen LogP contribution in [0.2, 0.25) is 0 Å². The molecule has 1 saturated heterocycles. The lowest BCUT2D eigenvalue weighted by Gasteiger charge is -2.43. The first-order chi connectivity index (χ1) is 6.22. The molecule has 1 fully saturated rings. The van der Waals surface area contributed by atoms with Crippen LogP contribution in [0.1, 0.15) is 6.92 Å². The van der Waals surface area contributed by atoms with E-state index >= 15 is 0 Å². The summed E-state index contributed by atoms with van der Waals surface area (Å²) < 4.78 is 0. The summed E-state index contributed by atoms with van der Waals surface area (Å²) in [5.74, 6) is 0.0127. The molecular formula is C10H12N2O. The van der Waals surface area contributed by atoms with E-state index in [0.29, 0.717) is 0 Å². The van der Waals surface area contributed by atoms with Crippen molar-refractivity contribution in [3.63, 3.8) is 0 Å². The van der Waals surface area contributed by atoms with Crippen LogP contribution >= 0.6 is 0 Å². The van der Waals surface area contributed by atoms with Crippen LogP contribution in [0.4, 0.5) is 5.69 Å². The molecule has 1 aromatic carbocycles. The van der Waals surface area contributed by atoms with E-state index in [2.05, 4.69) is 0 Å². The number of carbonyl (C=O) groups excluding carboxylic acids is 1. The molecule has 3 nitrogen and oxygen atoms in total. The largest absolute Gasteiger partial charge is 0.318 e. The molecule has 13 heavy (non-hydrogen) atoms. The number of hydrogen-bond donors (Lipinski definition) is 1. The number of carbonyl (C=O) groups is 1. The van der Waals surface area contributed by atoms with E-state index in [-0.39, 0.29) is 18.0 Å². The molecule has 1 aliphatic heterocycles. The third-order valence-corrected chi connectivity index (χ3v) is 2.48. The highest BCUT2D eigenvalue weighted by molar-refractivity contribution is 6.05. The summed E-state index contributed by atoms with van der Waals surface area (Å²) in [5.41, 5.74) is 6.53. The molecule has 1 aliphatic rings. The van der Waals surface area contributed by atoms with Crippen LogP contribution in [-0.4, -0.2) is 18.0 Å². The third-order valence-electron chi connectivity index (χ3n) is 2.48. The van der Waals surface area contributed by atoms with Gasteiger partial charge in [-0.05, 0) is 19.1 Å². The Morgan fingerprint density at radius 3 is 2.46 bits per heavy atom. The molecule has 0 aromatic heterocycles. The van der Waals surface area contributed by atoms with Gasteiger partial charge in [-0.3, -0.25) is 4.79 Å². The third kappa shape index (κ3) is 1.12. The van der Waals surface area contributed by atoms with Gasteiger partial charge in [-0.15, -0.1) is 0 Å². The number of amides is 1. The Hall–Kier alpha value is -1.35. The summed E-state index contributed by atoms with van der Waals surface area (Å²) in [6, 6.07) is 9.40. The first kappa shape index (κ1) is 8.26. The van der Waals surface area contributed by atoms with Crippen LogP contribution in [0.5, 0.6) is 0 Å². The maximum absolute atomic E-state index is 11.4. The fourth-order valence-corrected chi connectivity index (χ4v) is 1.60. The Labute approximate surface area is 77.1 Å². The number of nitrogens with zero attached hydrogens (tertiary/aromatic N) is 1. The highest BCUT2D eigenvalue weighted by atomic mass is 16.2. The summed E-state index contributed by atoms with van der Waals surface area (Å²) in [5, 5.41) is 0. The minimum Gasteiger partial charge on any atom is -0.318 e. The molecule has 0 saturated carbocycles. The Bertz CT molecular complexity index is 323. The van der Waals surface area contributed by atoms with E-state index in [9.17, 15) is 4.79 Å². The van der Waals surface area contributed by atoms with Crippen molar-refractivity contribution >= 4 is 11.6 Å². The molecule has 1 heterocycles. The van der Waals surface area contributed by atoms with E-state index in [4.69, 9.17) is 5.73 Å². The van der Waals surface area contributed by atoms with Gasteiger partial charge in [0.15, 0.2) is 0 Å². The molecule has 0 radical (unpaired) electrons.